The number of hydrogen-bond donors (Lipinski definition) is 2. The van der Waals surface area contributed by atoms with Crippen LogP contribution in [0.1, 0.15) is 17.5 Å². The fourth-order valence-corrected chi connectivity index (χ4v) is 2.23. The van der Waals surface area contributed by atoms with E-state index in [1.165, 1.54) is 18.2 Å². The summed E-state index contributed by atoms with van der Waals surface area (Å²) in [7, 11) is 0. The first kappa shape index (κ1) is 14.3. The molecular weight excluding hydrogens is 261 g/mol. The smallest absolute Gasteiger partial charge is 0.317 e. The molecule has 5 nitrogen and oxygen atoms in total. The Hall–Kier alpha value is -2.13. The van der Waals surface area contributed by atoms with Crippen LogP contribution in [0.4, 0.5) is 9.18 Å². The first-order chi connectivity index (χ1) is 9.63. The number of halogens is 1. The van der Waals surface area contributed by atoms with Crippen molar-refractivity contribution in [3.05, 3.63) is 35.1 Å². The fraction of sp³-hybridized carbons (Fsp3) is 0.429. The maximum absolute atomic E-state index is 13.5. The second-order valence-electron chi connectivity index (χ2n) is 4.86. The molecule has 0 saturated carbocycles. The Morgan fingerprint density at radius 1 is 1.60 bits per heavy atom. The van der Waals surface area contributed by atoms with E-state index in [0.717, 1.165) is 6.42 Å². The maximum Gasteiger partial charge on any atom is 0.317 e. The van der Waals surface area contributed by atoms with E-state index in [-0.39, 0.29) is 30.7 Å². The number of nitriles is 1. The summed E-state index contributed by atoms with van der Waals surface area (Å²) >= 11 is 0. The quantitative estimate of drug-likeness (QED) is 0.872. The molecule has 1 aliphatic heterocycles. The highest BCUT2D eigenvalue weighted by molar-refractivity contribution is 5.74. The number of rotatable bonds is 3. The molecule has 2 rings (SSSR count). The van der Waals surface area contributed by atoms with Gasteiger partial charge >= 0.3 is 6.03 Å². The number of likely N-dealkylation sites (tertiary alicyclic amines) is 1. The number of aliphatic hydroxyl groups is 1. The van der Waals surface area contributed by atoms with Gasteiger partial charge in [-0.05, 0) is 24.6 Å². The fourth-order valence-electron chi connectivity index (χ4n) is 2.23. The third kappa shape index (κ3) is 3.25. The van der Waals surface area contributed by atoms with Gasteiger partial charge in [-0.2, -0.15) is 5.26 Å². The zero-order valence-corrected chi connectivity index (χ0v) is 11.0. The third-order valence-corrected chi connectivity index (χ3v) is 3.44. The number of carbonyl (C=O) groups is 1. The minimum atomic E-state index is -0.445. The number of benzene rings is 1. The molecule has 6 heteroatoms. The summed E-state index contributed by atoms with van der Waals surface area (Å²) in [5, 5.41) is 20.4. The molecular formula is C14H16FN3O2. The lowest BCUT2D eigenvalue weighted by atomic mass is 10.1. The van der Waals surface area contributed by atoms with Crippen LogP contribution in [0.3, 0.4) is 0 Å². The standard InChI is InChI=1S/C14H16FN3O2/c15-13-2-1-10(6-16)5-12(13)7-17-14(20)18-4-3-11(8-18)9-19/h1-2,5,11,19H,3-4,7-9H2,(H,17,20). The van der Waals surface area contributed by atoms with Crippen molar-refractivity contribution in [2.75, 3.05) is 19.7 Å². The average Bonchev–Trinajstić information content (AvgIpc) is 2.95. The third-order valence-electron chi connectivity index (χ3n) is 3.44. The van der Waals surface area contributed by atoms with Crippen molar-refractivity contribution in [2.24, 2.45) is 5.92 Å². The van der Waals surface area contributed by atoms with Crippen LogP contribution in [0, 0.1) is 23.1 Å². The summed E-state index contributed by atoms with van der Waals surface area (Å²) in [5.41, 5.74) is 0.646. The van der Waals surface area contributed by atoms with Crippen molar-refractivity contribution in [3.63, 3.8) is 0 Å². The van der Waals surface area contributed by atoms with Gasteiger partial charge in [-0.3, -0.25) is 0 Å². The van der Waals surface area contributed by atoms with E-state index >= 15 is 0 Å². The Morgan fingerprint density at radius 2 is 2.40 bits per heavy atom. The van der Waals surface area contributed by atoms with Gasteiger partial charge in [0.15, 0.2) is 0 Å². The minimum absolute atomic E-state index is 0.0421. The second-order valence-corrected chi connectivity index (χ2v) is 4.86. The molecule has 1 aliphatic rings. The van der Waals surface area contributed by atoms with Gasteiger partial charge in [-0.1, -0.05) is 0 Å². The molecule has 0 aromatic heterocycles. The number of aliphatic hydroxyl groups excluding tert-OH is 1. The predicted molar refractivity (Wildman–Crippen MR) is 70.1 cm³/mol. The summed E-state index contributed by atoms with van der Waals surface area (Å²) in [6.07, 6.45) is 0.780. The van der Waals surface area contributed by atoms with Crippen LogP contribution in [-0.2, 0) is 6.54 Å². The molecule has 1 unspecified atom stereocenters. The highest BCUT2D eigenvalue weighted by atomic mass is 19.1. The van der Waals surface area contributed by atoms with E-state index in [1.54, 1.807) is 4.90 Å². The van der Waals surface area contributed by atoms with Crippen molar-refractivity contribution in [2.45, 2.75) is 13.0 Å². The molecule has 1 fully saturated rings. The number of urea groups is 1. The van der Waals surface area contributed by atoms with Gasteiger partial charge in [0.05, 0.1) is 11.6 Å². The topological polar surface area (TPSA) is 76.4 Å². The van der Waals surface area contributed by atoms with E-state index in [4.69, 9.17) is 10.4 Å². The maximum atomic E-state index is 13.5. The van der Waals surface area contributed by atoms with Crippen LogP contribution in [0.5, 0.6) is 0 Å². The van der Waals surface area contributed by atoms with Crippen molar-refractivity contribution in [3.8, 4) is 6.07 Å². The van der Waals surface area contributed by atoms with E-state index in [9.17, 15) is 9.18 Å². The lowest BCUT2D eigenvalue weighted by Gasteiger charge is -2.17. The van der Waals surface area contributed by atoms with E-state index < -0.39 is 5.82 Å². The largest absolute Gasteiger partial charge is 0.396 e. The summed E-state index contributed by atoms with van der Waals surface area (Å²) in [4.78, 5) is 13.5. The van der Waals surface area contributed by atoms with E-state index in [1.807, 2.05) is 6.07 Å². The molecule has 2 N–H and O–H groups in total. The van der Waals surface area contributed by atoms with Gasteiger partial charge in [-0.25, -0.2) is 9.18 Å². The zero-order chi connectivity index (χ0) is 14.5. The van der Waals surface area contributed by atoms with Crippen molar-refractivity contribution in [1.82, 2.24) is 10.2 Å². The average molecular weight is 277 g/mol. The first-order valence-electron chi connectivity index (χ1n) is 6.46. The zero-order valence-electron chi connectivity index (χ0n) is 11.0. The van der Waals surface area contributed by atoms with E-state index in [0.29, 0.717) is 18.7 Å². The Labute approximate surface area is 116 Å². The lowest BCUT2D eigenvalue weighted by molar-refractivity contribution is 0.198. The van der Waals surface area contributed by atoms with Crippen LogP contribution in [-0.4, -0.2) is 35.7 Å². The van der Waals surface area contributed by atoms with Gasteiger partial charge in [-0.15, -0.1) is 0 Å². The first-order valence-corrected chi connectivity index (χ1v) is 6.46. The molecule has 1 atom stereocenters. The summed E-state index contributed by atoms with van der Waals surface area (Å²) < 4.78 is 13.5. The molecule has 0 aliphatic carbocycles. The molecule has 2 amide bonds. The molecule has 1 aromatic carbocycles. The van der Waals surface area contributed by atoms with Gasteiger partial charge in [0.25, 0.3) is 0 Å². The highest BCUT2D eigenvalue weighted by Gasteiger charge is 2.25. The van der Waals surface area contributed by atoms with Gasteiger partial charge in [0.1, 0.15) is 5.82 Å². The number of nitrogens with zero attached hydrogens (tertiary/aromatic N) is 2. The van der Waals surface area contributed by atoms with Crippen LogP contribution in [0.2, 0.25) is 0 Å². The van der Waals surface area contributed by atoms with E-state index in [2.05, 4.69) is 5.32 Å². The van der Waals surface area contributed by atoms with Crippen LogP contribution in [0.25, 0.3) is 0 Å². The molecule has 1 aromatic rings. The van der Waals surface area contributed by atoms with Gasteiger partial charge in [0.2, 0.25) is 0 Å². The number of amides is 2. The molecule has 20 heavy (non-hydrogen) atoms. The van der Waals surface area contributed by atoms with Crippen LogP contribution in [0.15, 0.2) is 18.2 Å². The Balaban J connectivity index is 1.92. The van der Waals surface area contributed by atoms with Gasteiger partial charge < -0.3 is 15.3 Å². The van der Waals surface area contributed by atoms with Crippen LogP contribution < -0.4 is 5.32 Å². The summed E-state index contributed by atoms with van der Waals surface area (Å²) in [6, 6.07) is 5.70. The number of carbonyl (C=O) groups excluding carboxylic acids is 1. The Bertz CT molecular complexity index is 542. The molecule has 0 radical (unpaired) electrons. The monoisotopic (exact) mass is 277 g/mol. The van der Waals surface area contributed by atoms with Crippen molar-refractivity contribution in [1.29, 1.82) is 5.26 Å². The molecule has 106 valence electrons. The summed E-state index contributed by atoms with van der Waals surface area (Å²) in [6.45, 7) is 1.23. The normalized spacial score (nSPS) is 17.9. The minimum Gasteiger partial charge on any atom is -0.396 e. The second kappa shape index (κ2) is 6.35. The van der Waals surface area contributed by atoms with Crippen molar-refractivity contribution < 1.29 is 14.3 Å². The molecule has 0 spiro atoms. The lowest BCUT2D eigenvalue weighted by Crippen LogP contribution is -2.38. The molecule has 1 saturated heterocycles. The summed E-state index contributed by atoms with van der Waals surface area (Å²) in [5.74, 6) is -0.321. The molecule has 1 heterocycles. The van der Waals surface area contributed by atoms with Gasteiger partial charge in [0, 0.05) is 37.7 Å². The van der Waals surface area contributed by atoms with Crippen molar-refractivity contribution >= 4 is 6.03 Å². The SMILES string of the molecule is N#Cc1ccc(F)c(CNC(=O)N2CCC(CO)C2)c1. The highest BCUT2D eigenvalue weighted by Crippen LogP contribution is 2.15. The molecule has 0 bridgehead atoms. The number of nitrogens with one attached hydrogen (secondary N) is 1. The number of hydrogen-bond acceptors (Lipinski definition) is 3. The Morgan fingerprint density at radius 3 is 3.05 bits per heavy atom. The predicted octanol–water partition coefficient (Wildman–Crippen LogP) is 1.22. The Kier molecular flexibility index (Phi) is 4.53. The van der Waals surface area contributed by atoms with Crippen LogP contribution >= 0.6 is 0 Å².